The number of nitrogens with zero attached hydrogens (tertiary/aromatic N) is 5. The third-order valence-corrected chi connectivity index (χ3v) is 7.72. The van der Waals surface area contributed by atoms with Gasteiger partial charge in [-0.05, 0) is 55.0 Å². The lowest BCUT2D eigenvalue weighted by Gasteiger charge is -2.28. The number of aliphatic hydroxyl groups is 1. The number of fused-ring (bicyclic) bond motifs is 2. The van der Waals surface area contributed by atoms with Crippen molar-refractivity contribution in [3.8, 4) is 11.1 Å². The smallest absolute Gasteiger partial charge is 0.163 e. The van der Waals surface area contributed by atoms with Crippen LogP contribution in [0.2, 0.25) is 0 Å². The van der Waals surface area contributed by atoms with Crippen molar-refractivity contribution in [1.29, 1.82) is 0 Å². The molecule has 1 saturated carbocycles. The van der Waals surface area contributed by atoms with Gasteiger partial charge >= 0.3 is 0 Å². The summed E-state index contributed by atoms with van der Waals surface area (Å²) >= 11 is 0. The number of aliphatic hydroxyl groups excluding tert-OH is 1. The molecule has 2 fully saturated rings. The Hall–Kier alpha value is -3.95. The van der Waals surface area contributed by atoms with Crippen molar-refractivity contribution in [2.45, 2.75) is 37.8 Å². The number of β-amino-alcohol motifs (C(OH)–C–C–N with tert-alkyl or cyclic N) is 1. The van der Waals surface area contributed by atoms with Crippen LogP contribution in [0.5, 0.6) is 0 Å². The molecule has 0 bridgehead atoms. The first kappa shape index (κ1) is 23.2. The summed E-state index contributed by atoms with van der Waals surface area (Å²) in [6.07, 6.45) is 9.07. The molecule has 5 aromatic rings. The summed E-state index contributed by atoms with van der Waals surface area (Å²) in [5, 5.41) is 25.3. The van der Waals surface area contributed by atoms with E-state index in [1.807, 2.05) is 22.8 Å². The maximum absolute atomic E-state index is 10.4. The number of nitrogens with one attached hydrogen (secondary N) is 3. The zero-order valence-electron chi connectivity index (χ0n) is 21.2. The predicted octanol–water partition coefficient (Wildman–Crippen LogP) is 3.92. The summed E-state index contributed by atoms with van der Waals surface area (Å²) in [7, 11) is 0. The van der Waals surface area contributed by atoms with Crippen molar-refractivity contribution in [3.05, 3.63) is 78.4 Å². The van der Waals surface area contributed by atoms with Crippen LogP contribution in [-0.2, 0) is 6.54 Å². The minimum Gasteiger partial charge on any atom is -0.391 e. The third-order valence-electron chi connectivity index (χ3n) is 7.72. The van der Waals surface area contributed by atoms with Crippen molar-refractivity contribution in [2.75, 3.05) is 30.3 Å². The lowest BCUT2D eigenvalue weighted by molar-refractivity contribution is 0.0883. The van der Waals surface area contributed by atoms with E-state index in [2.05, 4.69) is 74.2 Å². The molecule has 1 aliphatic heterocycles. The summed E-state index contributed by atoms with van der Waals surface area (Å²) in [4.78, 5) is 9.80. The molecule has 0 unspecified atom stereocenters. The van der Waals surface area contributed by atoms with Gasteiger partial charge in [0, 0.05) is 43.0 Å². The van der Waals surface area contributed by atoms with Crippen molar-refractivity contribution < 1.29 is 5.11 Å². The van der Waals surface area contributed by atoms with Gasteiger partial charge in [-0.1, -0.05) is 30.3 Å². The molecule has 7 rings (SSSR count). The zero-order valence-corrected chi connectivity index (χ0v) is 21.2. The normalized spacial score (nSPS) is 19.7. The van der Waals surface area contributed by atoms with Gasteiger partial charge in [0.25, 0.3) is 0 Å². The van der Waals surface area contributed by atoms with E-state index in [0.29, 0.717) is 25.6 Å². The Morgan fingerprint density at radius 3 is 2.74 bits per heavy atom. The first-order valence-electron chi connectivity index (χ1n) is 13.5. The van der Waals surface area contributed by atoms with Crippen LogP contribution in [-0.4, -0.2) is 54.8 Å². The Bertz CT molecular complexity index is 1570. The molecule has 1 aliphatic carbocycles. The topological polar surface area (TPSA) is 104 Å². The first-order valence-corrected chi connectivity index (χ1v) is 13.5. The maximum Gasteiger partial charge on any atom is 0.163 e. The van der Waals surface area contributed by atoms with Crippen LogP contribution < -0.4 is 16.0 Å². The SMILES string of the molecule is O[C@H]1CNCC[C@@H]1CNc1cc(NCc2cn3ccc(-c4ccccc4)cc3n2)n2ncc(C3CC3)c2n1. The van der Waals surface area contributed by atoms with Crippen molar-refractivity contribution in [2.24, 2.45) is 5.92 Å². The number of benzene rings is 1. The summed E-state index contributed by atoms with van der Waals surface area (Å²) in [6.45, 7) is 2.83. The highest BCUT2D eigenvalue weighted by Crippen LogP contribution is 2.42. The molecule has 9 nitrogen and oxygen atoms in total. The van der Waals surface area contributed by atoms with E-state index < -0.39 is 0 Å². The van der Waals surface area contributed by atoms with E-state index >= 15 is 0 Å². The van der Waals surface area contributed by atoms with Gasteiger partial charge in [-0.15, -0.1) is 0 Å². The molecule has 38 heavy (non-hydrogen) atoms. The number of imidazole rings is 1. The minimum atomic E-state index is -0.341. The van der Waals surface area contributed by atoms with Crippen LogP contribution in [0.15, 0.2) is 67.1 Å². The van der Waals surface area contributed by atoms with Crippen LogP contribution in [0, 0.1) is 5.92 Å². The van der Waals surface area contributed by atoms with Gasteiger partial charge in [0.2, 0.25) is 0 Å². The average molecular weight is 509 g/mol. The number of anilines is 2. The molecule has 2 aliphatic rings. The largest absolute Gasteiger partial charge is 0.391 e. The lowest BCUT2D eigenvalue weighted by atomic mass is 9.95. The van der Waals surface area contributed by atoms with E-state index in [-0.39, 0.29) is 12.0 Å². The summed E-state index contributed by atoms with van der Waals surface area (Å²) in [6, 6.07) is 16.6. The molecule has 1 saturated heterocycles. The number of aromatic nitrogens is 5. The number of pyridine rings is 1. The fraction of sp³-hybridized carbons (Fsp3) is 0.345. The molecular weight excluding hydrogens is 476 g/mol. The van der Waals surface area contributed by atoms with Gasteiger partial charge in [-0.3, -0.25) is 0 Å². The number of piperidine rings is 1. The monoisotopic (exact) mass is 508 g/mol. The Kier molecular flexibility index (Phi) is 5.94. The molecule has 9 heteroatoms. The standard InChI is InChI=1S/C29H32N8O/c38-25-17-30-10-8-22(25)14-31-26-13-27(37-29(35-26)24(16-33-37)20-6-7-20)32-15-23-18-36-11-9-21(12-28(36)34-23)19-4-2-1-3-5-19/h1-5,9,11-13,16,18,20,22,25,30,32,38H,6-8,10,14-15,17H2,(H,31,35)/t22-,25+/m1/s1. The second kappa shape index (κ2) is 9.74. The fourth-order valence-corrected chi connectivity index (χ4v) is 5.36. The first-order chi connectivity index (χ1) is 18.7. The molecule has 0 radical (unpaired) electrons. The molecular formula is C29H32N8O. The van der Waals surface area contributed by atoms with Gasteiger partial charge in [0.1, 0.15) is 17.3 Å². The summed E-state index contributed by atoms with van der Waals surface area (Å²) in [5.41, 5.74) is 6.30. The Labute approximate surface area is 220 Å². The maximum atomic E-state index is 10.4. The molecule has 4 N–H and O–H groups in total. The highest BCUT2D eigenvalue weighted by molar-refractivity contribution is 5.67. The van der Waals surface area contributed by atoms with Gasteiger partial charge in [0.05, 0.1) is 24.5 Å². The third kappa shape index (κ3) is 4.59. The van der Waals surface area contributed by atoms with E-state index in [0.717, 1.165) is 47.2 Å². The van der Waals surface area contributed by atoms with Crippen molar-refractivity contribution in [3.63, 3.8) is 0 Å². The predicted molar refractivity (Wildman–Crippen MR) is 148 cm³/mol. The molecule has 0 amide bonds. The molecule has 0 spiro atoms. The second-order valence-electron chi connectivity index (χ2n) is 10.5. The fourth-order valence-electron chi connectivity index (χ4n) is 5.36. The average Bonchev–Trinajstić information content (AvgIpc) is 3.56. The highest BCUT2D eigenvalue weighted by Gasteiger charge is 2.28. The Balaban J connectivity index is 1.14. The number of hydrogen-bond donors (Lipinski definition) is 4. The highest BCUT2D eigenvalue weighted by atomic mass is 16.3. The molecule has 4 aromatic heterocycles. The number of hydrogen-bond acceptors (Lipinski definition) is 7. The van der Waals surface area contributed by atoms with Gasteiger partial charge < -0.3 is 25.5 Å². The van der Waals surface area contributed by atoms with E-state index in [4.69, 9.17) is 9.97 Å². The van der Waals surface area contributed by atoms with Gasteiger partial charge in [0.15, 0.2) is 5.65 Å². The molecule has 194 valence electrons. The molecule has 5 heterocycles. The quantitative estimate of drug-likeness (QED) is 0.252. The van der Waals surface area contributed by atoms with Gasteiger partial charge in [-0.2, -0.15) is 9.61 Å². The zero-order chi connectivity index (χ0) is 25.5. The van der Waals surface area contributed by atoms with Crippen LogP contribution >= 0.6 is 0 Å². The van der Waals surface area contributed by atoms with E-state index in [1.54, 1.807) is 0 Å². The minimum absolute atomic E-state index is 0.206. The lowest BCUT2D eigenvalue weighted by Crippen LogP contribution is -2.43. The van der Waals surface area contributed by atoms with Crippen LogP contribution in [0.1, 0.15) is 36.4 Å². The number of rotatable bonds is 8. The van der Waals surface area contributed by atoms with Crippen LogP contribution in [0.4, 0.5) is 11.6 Å². The summed E-state index contributed by atoms with van der Waals surface area (Å²) < 4.78 is 3.96. The second-order valence-corrected chi connectivity index (χ2v) is 10.5. The summed E-state index contributed by atoms with van der Waals surface area (Å²) in [5.74, 6) is 2.43. The van der Waals surface area contributed by atoms with Crippen molar-refractivity contribution in [1.82, 2.24) is 29.3 Å². The Morgan fingerprint density at radius 1 is 1.00 bits per heavy atom. The van der Waals surface area contributed by atoms with E-state index in [1.165, 1.54) is 24.0 Å². The van der Waals surface area contributed by atoms with Crippen molar-refractivity contribution >= 4 is 22.9 Å². The van der Waals surface area contributed by atoms with Gasteiger partial charge in [-0.25, -0.2) is 9.97 Å². The Morgan fingerprint density at radius 2 is 1.89 bits per heavy atom. The molecule has 2 atom stereocenters. The van der Waals surface area contributed by atoms with Crippen LogP contribution in [0.3, 0.4) is 0 Å². The molecule has 1 aromatic carbocycles. The van der Waals surface area contributed by atoms with Crippen LogP contribution in [0.25, 0.3) is 22.4 Å². The van der Waals surface area contributed by atoms with E-state index in [9.17, 15) is 5.11 Å².